The van der Waals surface area contributed by atoms with Crippen LogP contribution in [-0.4, -0.2) is 39.1 Å². The highest BCUT2D eigenvalue weighted by Gasteiger charge is 2.36. The molecule has 2 aliphatic heterocycles. The number of hydrogen-bond donors (Lipinski definition) is 1. The molecule has 29 heavy (non-hydrogen) atoms. The average Bonchev–Trinajstić information content (AvgIpc) is 3.21. The Morgan fingerprint density at radius 1 is 1.10 bits per heavy atom. The van der Waals surface area contributed by atoms with Gasteiger partial charge in [0, 0.05) is 29.6 Å². The number of carbonyl (C=O) groups is 1. The number of ether oxygens (including phenoxy) is 4. The number of halogens is 1. The zero-order valence-electron chi connectivity index (χ0n) is 16.1. The number of rotatable bonds is 7. The first-order chi connectivity index (χ1) is 14.1. The molecule has 1 N–H and O–H groups in total. The molecule has 0 bridgehead atoms. The van der Waals surface area contributed by atoms with Gasteiger partial charge in [-0.3, -0.25) is 4.79 Å². The third kappa shape index (κ3) is 4.85. The molecule has 2 aromatic rings. The van der Waals surface area contributed by atoms with Crippen molar-refractivity contribution in [2.45, 2.75) is 24.7 Å². The van der Waals surface area contributed by atoms with Crippen molar-refractivity contribution in [3.05, 3.63) is 52.5 Å². The number of hydrogen-bond acceptors (Lipinski definition) is 5. The van der Waals surface area contributed by atoms with Gasteiger partial charge in [0.05, 0.1) is 13.0 Å². The summed E-state index contributed by atoms with van der Waals surface area (Å²) >= 11 is 3.41. The van der Waals surface area contributed by atoms with E-state index in [1.807, 2.05) is 36.4 Å². The van der Waals surface area contributed by atoms with Crippen LogP contribution in [-0.2, 0) is 14.9 Å². The fraction of sp³-hybridized carbons (Fsp3) is 0.409. The maximum Gasteiger partial charge on any atom is 0.231 e. The molecule has 1 amide bonds. The standard InChI is InChI=1S/C22H24BrNO5/c23-17-2-1-3-18(13-17)27-9-6-21(25)24-14-22(7-10-26-11-8-22)16-4-5-19-20(12-16)29-15-28-19/h1-5,12-13H,6-11,14-15H2,(H,24,25). The molecular formula is C22H24BrNO5. The quantitative estimate of drug-likeness (QED) is 0.678. The molecule has 2 aliphatic rings. The van der Waals surface area contributed by atoms with Crippen LogP contribution >= 0.6 is 15.9 Å². The molecule has 0 unspecified atom stereocenters. The van der Waals surface area contributed by atoms with Gasteiger partial charge in [-0.25, -0.2) is 0 Å². The van der Waals surface area contributed by atoms with Gasteiger partial charge in [-0.05, 0) is 48.7 Å². The Kier molecular flexibility index (Phi) is 6.25. The van der Waals surface area contributed by atoms with Crippen molar-refractivity contribution in [1.29, 1.82) is 0 Å². The fourth-order valence-electron chi connectivity index (χ4n) is 3.73. The largest absolute Gasteiger partial charge is 0.493 e. The first-order valence-electron chi connectivity index (χ1n) is 9.78. The second-order valence-electron chi connectivity index (χ2n) is 7.29. The summed E-state index contributed by atoms with van der Waals surface area (Å²) in [5.74, 6) is 2.26. The Morgan fingerprint density at radius 2 is 1.93 bits per heavy atom. The van der Waals surface area contributed by atoms with Crippen molar-refractivity contribution in [2.24, 2.45) is 0 Å². The summed E-state index contributed by atoms with van der Waals surface area (Å²) in [5.41, 5.74) is 0.982. The summed E-state index contributed by atoms with van der Waals surface area (Å²) in [4.78, 5) is 12.4. The van der Waals surface area contributed by atoms with Crippen LogP contribution in [0.25, 0.3) is 0 Å². The summed E-state index contributed by atoms with van der Waals surface area (Å²) < 4.78 is 23.2. The Bertz CT molecular complexity index is 866. The maximum atomic E-state index is 12.4. The molecule has 6 nitrogen and oxygen atoms in total. The topological polar surface area (TPSA) is 66.0 Å². The highest BCUT2D eigenvalue weighted by molar-refractivity contribution is 9.10. The van der Waals surface area contributed by atoms with Crippen LogP contribution in [0.4, 0.5) is 0 Å². The molecule has 0 aliphatic carbocycles. The molecule has 7 heteroatoms. The zero-order valence-corrected chi connectivity index (χ0v) is 17.7. The number of carbonyl (C=O) groups excluding carboxylic acids is 1. The van der Waals surface area contributed by atoms with Gasteiger partial charge in [0.1, 0.15) is 5.75 Å². The van der Waals surface area contributed by atoms with E-state index in [2.05, 4.69) is 27.3 Å². The smallest absolute Gasteiger partial charge is 0.231 e. The van der Waals surface area contributed by atoms with Crippen molar-refractivity contribution in [2.75, 3.05) is 33.2 Å². The third-order valence-corrected chi connectivity index (χ3v) is 5.95. The van der Waals surface area contributed by atoms with Crippen LogP contribution in [0, 0.1) is 0 Å². The lowest BCUT2D eigenvalue weighted by Crippen LogP contribution is -2.44. The Morgan fingerprint density at radius 3 is 2.76 bits per heavy atom. The first-order valence-corrected chi connectivity index (χ1v) is 10.6. The maximum absolute atomic E-state index is 12.4. The van der Waals surface area contributed by atoms with Crippen molar-refractivity contribution in [3.63, 3.8) is 0 Å². The predicted molar refractivity (Wildman–Crippen MR) is 112 cm³/mol. The molecule has 1 saturated heterocycles. The first kappa shape index (κ1) is 20.0. The van der Waals surface area contributed by atoms with E-state index in [0.717, 1.165) is 40.1 Å². The highest BCUT2D eigenvalue weighted by Crippen LogP contribution is 2.40. The van der Waals surface area contributed by atoms with E-state index < -0.39 is 0 Å². The molecule has 2 aromatic carbocycles. The van der Waals surface area contributed by atoms with E-state index in [1.54, 1.807) is 0 Å². The lowest BCUT2D eigenvalue weighted by molar-refractivity contribution is -0.122. The molecule has 0 aromatic heterocycles. The van der Waals surface area contributed by atoms with Crippen LogP contribution in [0.3, 0.4) is 0 Å². The van der Waals surface area contributed by atoms with E-state index in [-0.39, 0.29) is 18.1 Å². The van der Waals surface area contributed by atoms with Gasteiger partial charge < -0.3 is 24.3 Å². The minimum Gasteiger partial charge on any atom is -0.493 e. The summed E-state index contributed by atoms with van der Waals surface area (Å²) in [6, 6.07) is 13.6. The van der Waals surface area contributed by atoms with Crippen molar-refractivity contribution < 1.29 is 23.7 Å². The van der Waals surface area contributed by atoms with Crippen LogP contribution in [0.1, 0.15) is 24.8 Å². The van der Waals surface area contributed by atoms with E-state index in [0.29, 0.717) is 32.8 Å². The van der Waals surface area contributed by atoms with Crippen LogP contribution in [0.5, 0.6) is 17.2 Å². The number of amides is 1. The molecule has 0 atom stereocenters. The fourth-order valence-corrected chi connectivity index (χ4v) is 4.11. The van der Waals surface area contributed by atoms with Gasteiger partial charge in [0.15, 0.2) is 11.5 Å². The molecule has 0 spiro atoms. The summed E-state index contributed by atoms with van der Waals surface area (Å²) in [5, 5.41) is 3.10. The van der Waals surface area contributed by atoms with Gasteiger partial charge in [-0.15, -0.1) is 0 Å². The molecule has 0 radical (unpaired) electrons. The number of nitrogens with one attached hydrogen (secondary N) is 1. The molecule has 154 valence electrons. The van der Waals surface area contributed by atoms with E-state index in [9.17, 15) is 4.79 Å². The van der Waals surface area contributed by atoms with E-state index >= 15 is 0 Å². The lowest BCUT2D eigenvalue weighted by Gasteiger charge is -2.38. The Labute approximate surface area is 178 Å². The minimum atomic E-state index is -0.167. The Hall–Kier alpha value is -2.25. The monoisotopic (exact) mass is 461 g/mol. The molecule has 2 heterocycles. The number of fused-ring (bicyclic) bond motifs is 1. The summed E-state index contributed by atoms with van der Waals surface area (Å²) in [6.45, 7) is 2.50. The van der Waals surface area contributed by atoms with Gasteiger partial charge in [0.25, 0.3) is 0 Å². The molecule has 0 saturated carbocycles. The predicted octanol–water partition coefficient (Wildman–Crippen LogP) is 3.81. The van der Waals surface area contributed by atoms with Crippen LogP contribution in [0.15, 0.2) is 46.9 Å². The Balaban J connectivity index is 1.35. The zero-order chi connectivity index (χ0) is 20.1. The summed E-state index contributed by atoms with van der Waals surface area (Å²) in [6.07, 6.45) is 2.00. The van der Waals surface area contributed by atoms with E-state index in [1.165, 1.54) is 0 Å². The van der Waals surface area contributed by atoms with Gasteiger partial charge in [0.2, 0.25) is 12.7 Å². The van der Waals surface area contributed by atoms with Crippen molar-refractivity contribution in [3.8, 4) is 17.2 Å². The van der Waals surface area contributed by atoms with Gasteiger partial charge in [-0.1, -0.05) is 28.1 Å². The number of benzene rings is 2. The van der Waals surface area contributed by atoms with Crippen molar-refractivity contribution in [1.82, 2.24) is 5.32 Å². The minimum absolute atomic E-state index is 0.0217. The van der Waals surface area contributed by atoms with Crippen molar-refractivity contribution >= 4 is 21.8 Å². The second kappa shape index (κ2) is 9.05. The normalized spacial score (nSPS) is 17.0. The molecule has 4 rings (SSSR count). The second-order valence-corrected chi connectivity index (χ2v) is 8.21. The van der Waals surface area contributed by atoms with Gasteiger partial charge in [-0.2, -0.15) is 0 Å². The van der Waals surface area contributed by atoms with Gasteiger partial charge >= 0.3 is 0 Å². The SMILES string of the molecule is O=C(CCOc1cccc(Br)c1)NCC1(c2ccc3c(c2)OCO3)CCOCC1. The highest BCUT2D eigenvalue weighted by atomic mass is 79.9. The summed E-state index contributed by atoms with van der Waals surface area (Å²) in [7, 11) is 0. The van der Waals surface area contributed by atoms with Crippen LogP contribution in [0.2, 0.25) is 0 Å². The lowest BCUT2D eigenvalue weighted by atomic mass is 9.74. The van der Waals surface area contributed by atoms with E-state index in [4.69, 9.17) is 18.9 Å². The average molecular weight is 462 g/mol. The van der Waals surface area contributed by atoms with Crippen LogP contribution < -0.4 is 19.5 Å². The molecular weight excluding hydrogens is 438 g/mol. The third-order valence-electron chi connectivity index (χ3n) is 5.45. The molecule has 1 fully saturated rings.